The van der Waals surface area contributed by atoms with Gasteiger partial charge in [0.1, 0.15) is 5.15 Å². The van der Waals surface area contributed by atoms with E-state index in [4.69, 9.17) is 16.9 Å². The van der Waals surface area contributed by atoms with Crippen LogP contribution < -0.4 is 4.90 Å². The molecule has 2 rings (SSSR count). The van der Waals surface area contributed by atoms with Gasteiger partial charge in [0.15, 0.2) is 0 Å². The van der Waals surface area contributed by atoms with E-state index in [1.165, 1.54) is 6.20 Å². The Labute approximate surface area is 110 Å². The van der Waals surface area contributed by atoms with E-state index in [1.807, 2.05) is 24.1 Å². The van der Waals surface area contributed by atoms with Crippen molar-refractivity contribution in [3.05, 3.63) is 53.1 Å². The van der Waals surface area contributed by atoms with Gasteiger partial charge in [-0.15, -0.1) is 0 Å². The highest BCUT2D eigenvalue weighted by molar-refractivity contribution is 6.29. The first-order valence-corrected chi connectivity index (χ1v) is 5.74. The number of benzene rings is 1. The molecule has 90 valence electrons. The summed E-state index contributed by atoms with van der Waals surface area (Å²) in [6.45, 7) is 0.635. The van der Waals surface area contributed by atoms with Crippen molar-refractivity contribution in [1.82, 2.24) is 9.97 Å². The topological polar surface area (TPSA) is 52.8 Å². The van der Waals surface area contributed by atoms with Crippen LogP contribution in [0.25, 0.3) is 0 Å². The van der Waals surface area contributed by atoms with Gasteiger partial charge in [0.25, 0.3) is 0 Å². The zero-order valence-electron chi connectivity index (χ0n) is 9.84. The first-order chi connectivity index (χ1) is 8.69. The van der Waals surface area contributed by atoms with Crippen molar-refractivity contribution in [2.45, 2.75) is 6.54 Å². The molecule has 0 aliphatic rings. The molecular weight excluding hydrogens is 248 g/mol. The molecule has 0 saturated carbocycles. The summed E-state index contributed by atoms with van der Waals surface area (Å²) in [4.78, 5) is 10.2. The number of anilines is 1. The van der Waals surface area contributed by atoms with Crippen LogP contribution in [0.15, 0.2) is 36.7 Å². The smallest absolute Gasteiger partial charge is 0.147 e. The molecule has 0 amide bonds. The van der Waals surface area contributed by atoms with E-state index in [9.17, 15) is 0 Å². The lowest BCUT2D eigenvalue weighted by molar-refractivity contribution is 0.873. The number of hydrogen-bond acceptors (Lipinski definition) is 4. The number of rotatable bonds is 3. The van der Waals surface area contributed by atoms with Gasteiger partial charge in [0.05, 0.1) is 36.3 Å². The second kappa shape index (κ2) is 5.48. The van der Waals surface area contributed by atoms with Crippen molar-refractivity contribution in [1.29, 1.82) is 5.26 Å². The molecule has 0 bridgehead atoms. The standard InChI is InChI=1S/C13H11ClN4/c1-18(9-11-7-17-13(14)8-16-11)12-4-2-10(6-15)3-5-12/h2-5,7-8H,9H2,1H3. The normalized spacial score (nSPS) is 9.83. The second-order valence-corrected chi connectivity index (χ2v) is 4.23. The largest absolute Gasteiger partial charge is 0.369 e. The molecule has 0 aliphatic carbocycles. The van der Waals surface area contributed by atoms with Gasteiger partial charge < -0.3 is 4.90 Å². The van der Waals surface area contributed by atoms with E-state index < -0.39 is 0 Å². The van der Waals surface area contributed by atoms with Gasteiger partial charge >= 0.3 is 0 Å². The Morgan fingerprint density at radius 1 is 1.22 bits per heavy atom. The van der Waals surface area contributed by atoms with E-state index in [0.717, 1.165) is 11.4 Å². The third-order valence-electron chi connectivity index (χ3n) is 2.51. The predicted octanol–water partition coefficient (Wildman–Crippen LogP) is 2.64. The summed E-state index contributed by atoms with van der Waals surface area (Å²) in [7, 11) is 1.96. The van der Waals surface area contributed by atoms with Crippen molar-refractivity contribution in [2.75, 3.05) is 11.9 Å². The number of aromatic nitrogens is 2. The zero-order valence-corrected chi connectivity index (χ0v) is 10.6. The minimum atomic E-state index is 0.389. The van der Waals surface area contributed by atoms with Crippen LogP contribution in [0.5, 0.6) is 0 Å². The summed E-state index contributed by atoms with van der Waals surface area (Å²) >= 11 is 5.68. The lowest BCUT2D eigenvalue weighted by Gasteiger charge is -2.18. The molecule has 0 unspecified atom stereocenters. The van der Waals surface area contributed by atoms with Gasteiger partial charge in [-0.1, -0.05) is 11.6 Å². The zero-order chi connectivity index (χ0) is 13.0. The summed E-state index contributed by atoms with van der Waals surface area (Å²) in [6, 6.07) is 9.48. The van der Waals surface area contributed by atoms with Gasteiger partial charge in [-0.3, -0.25) is 4.98 Å². The molecule has 4 nitrogen and oxygen atoms in total. The summed E-state index contributed by atoms with van der Waals surface area (Å²) < 4.78 is 0. The Hall–Kier alpha value is -2.12. The second-order valence-electron chi connectivity index (χ2n) is 3.85. The van der Waals surface area contributed by atoms with Gasteiger partial charge in [-0.25, -0.2) is 4.98 Å². The van der Waals surface area contributed by atoms with Crippen LogP contribution in [-0.2, 0) is 6.54 Å². The van der Waals surface area contributed by atoms with Crippen LogP contribution in [-0.4, -0.2) is 17.0 Å². The average Bonchev–Trinajstić information content (AvgIpc) is 2.41. The molecule has 1 aromatic heterocycles. The highest BCUT2D eigenvalue weighted by Crippen LogP contribution is 2.15. The molecule has 0 radical (unpaired) electrons. The summed E-state index contributed by atoms with van der Waals surface area (Å²) in [6.07, 6.45) is 3.19. The quantitative estimate of drug-likeness (QED) is 0.849. The number of halogens is 1. The fourth-order valence-electron chi connectivity index (χ4n) is 1.55. The van der Waals surface area contributed by atoms with Crippen molar-refractivity contribution in [2.24, 2.45) is 0 Å². The predicted molar refractivity (Wildman–Crippen MR) is 70.3 cm³/mol. The molecule has 2 aromatic rings. The molecule has 0 aliphatic heterocycles. The monoisotopic (exact) mass is 258 g/mol. The van der Waals surface area contributed by atoms with E-state index in [0.29, 0.717) is 17.3 Å². The van der Waals surface area contributed by atoms with Crippen LogP contribution in [0.4, 0.5) is 5.69 Å². The number of hydrogen-bond donors (Lipinski definition) is 0. The maximum atomic E-state index is 8.73. The third kappa shape index (κ3) is 2.96. The summed E-state index contributed by atoms with van der Waals surface area (Å²) in [5.41, 5.74) is 2.51. The van der Waals surface area contributed by atoms with Gasteiger partial charge in [0.2, 0.25) is 0 Å². The maximum Gasteiger partial charge on any atom is 0.147 e. The third-order valence-corrected chi connectivity index (χ3v) is 2.71. The highest BCUT2D eigenvalue weighted by atomic mass is 35.5. The molecule has 1 heterocycles. The highest BCUT2D eigenvalue weighted by Gasteiger charge is 2.03. The van der Waals surface area contributed by atoms with Crippen LogP contribution in [0, 0.1) is 11.3 Å². The molecule has 1 aromatic carbocycles. The van der Waals surface area contributed by atoms with Crippen LogP contribution in [0.3, 0.4) is 0 Å². The SMILES string of the molecule is CN(Cc1cnc(Cl)cn1)c1ccc(C#N)cc1. The lowest BCUT2D eigenvalue weighted by Crippen LogP contribution is -2.17. The fraction of sp³-hybridized carbons (Fsp3) is 0.154. The Morgan fingerprint density at radius 2 is 1.94 bits per heavy atom. The summed E-state index contributed by atoms with van der Waals surface area (Å²) in [5, 5.41) is 9.12. The molecule has 0 atom stereocenters. The van der Waals surface area contributed by atoms with Crippen LogP contribution in [0.2, 0.25) is 5.15 Å². The molecule has 0 saturated heterocycles. The Bertz CT molecular complexity index is 557. The summed E-state index contributed by atoms with van der Waals surface area (Å²) in [5.74, 6) is 0. The molecule has 0 fully saturated rings. The lowest BCUT2D eigenvalue weighted by atomic mass is 10.2. The van der Waals surface area contributed by atoms with E-state index in [2.05, 4.69) is 16.0 Å². The van der Waals surface area contributed by atoms with Gasteiger partial charge in [-0.2, -0.15) is 5.26 Å². The molecule has 0 N–H and O–H groups in total. The molecule has 0 spiro atoms. The maximum absolute atomic E-state index is 8.73. The van der Waals surface area contributed by atoms with Crippen molar-refractivity contribution < 1.29 is 0 Å². The van der Waals surface area contributed by atoms with Crippen molar-refractivity contribution in [3.8, 4) is 6.07 Å². The Morgan fingerprint density at radius 3 is 2.50 bits per heavy atom. The van der Waals surface area contributed by atoms with Crippen molar-refractivity contribution in [3.63, 3.8) is 0 Å². The minimum absolute atomic E-state index is 0.389. The van der Waals surface area contributed by atoms with Crippen LogP contribution in [0.1, 0.15) is 11.3 Å². The van der Waals surface area contributed by atoms with E-state index >= 15 is 0 Å². The van der Waals surface area contributed by atoms with Gasteiger partial charge in [0, 0.05) is 12.7 Å². The minimum Gasteiger partial charge on any atom is -0.369 e. The molecule has 5 heteroatoms. The van der Waals surface area contributed by atoms with E-state index in [1.54, 1.807) is 18.3 Å². The van der Waals surface area contributed by atoms with E-state index in [-0.39, 0.29) is 0 Å². The average molecular weight is 259 g/mol. The first kappa shape index (κ1) is 12.3. The fourth-order valence-corrected chi connectivity index (χ4v) is 1.64. The number of nitriles is 1. The van der Waals surface area contributed by atoms with Gasteiger partial charge in [-0.05, 0) is 24.3 Å². The first-order valence-electron chi connectivity index (χ1n) is 5.37. The van der Waals surface area contributed by atoms with Crippen molar-refractivity contribution >= 4 is 17.3 Å². The Balaban J connectivity index is 2.09. The Kier molecular flexibility index (Phi) is 3.75. The number of nitrogens with zero attached hydrogens (tertiary/aromatic N) is 4. The van der Waals surface area contributed by atoms with Crippen LogP contribution >= 0.6 is 11.6 Å². The molecular formula is C13H11ClN4. The molecule has 18 heavy (non-hydrogen) atoms.